The number of hydrogen-bond acceptors (Lipinski definition) is 3. The number of pyridine rings is 1. The van der Waals surface area contributed by atoms with Crippen molar-refractivity contribution in [2.24, 2.45) is 0 Å². The number of rotatable bonds is 2. The molecule has 2 aromatic rings. The Bertz CT molecular complexity index is 463. The van der Waals surface area contributed by atoms with Crippen molar-refractivity contribution in [1.82, 2.24) is 4.98 Å². The lowest BCUT2D eigenvalue weighted by atomic mass is 10.1. The molecule has 0 bridgehead atoms. The van der Waals surface area contributed by atoms with Crippen molar-refractivity contribution in [3.8, 4) is 11.3 Å². The van der Waals surface area contributed by atoms with Crippen LogP contribution in [0.3, 0.4) is 0 Å². The molecule has 2 rings (SSSR count). The molecule has 0 radical (unpaired) electrons. The molecule has 0 aliphatic rings. The SMILES string of the molecule is O=C([O-])c1ccc(-c2ccccc2)nc1. The number of carboxylic acids is 1. The summed E-state index contributed by atoms with van der Waals surface area (Å²) in [5.41, 5.74) is 1.80. The topological polar surface area (TPSA) is 53.0 Å². The molecular formula is C12H8NO2-. The van der Waals surface area contributed by atoms with Crippen LogP contribution in [0.4, 0.5) is 0 Å². The summed E-state index contributed by atoms with van der Waals surface area (Å²) in [6.45, 7) is 0. The third-order valence-corrected chi connectivity index (χ3v) is 2.07. The van der Waals surface area contributed by atoms with E-state index in [1.54, 1.807) is 6.07 Å². The van der Waals surface area contributed by atoms with Crippen LogP contribution < -0.4 is 5.11 Å². The number of aromatic carboxylic acids is 1. The van der Waals surface area contributed by atoms with E-state index >= 15 is 0 Å². The molecule has 0 fully saturated rings. The summed E-state index contributed by atoms with van der Waals surface area (Å²) in [6, 6.07) is 12.7. The van der Waals surface area contributed by atoms with Crippen molar-refractivity contribution in [3.05, 3.63) is 54.2 Å². The highest BCUT2D eigenvalue weighted by molar-refractivity contribution is 5.85. The maximum absolute atomic E-state index is 10.5. The minimum Gasteiger partial charge on any atom is -0.545 e. The molecule has 0 aliphatic heterocycles. The quantitative estimate of drug-likeness (QED) is 0.726. The average Bonchev–Trinajstić information content (AvgIpc) is 2.30. The maximum Gasteiger partial charge on any atom is 0.0730 e. The van der Waals surface area contributed by atoms with Crippen LogP contribution in [0.2, 0.25) is 0 Å². The average molecular weight is 198 g/mol. The second kappa shape index (κ2) is 3.92. The van der Waals surface area contributed by atoms with Crippen molar-refractivity contribution in [2.75, 3.05) is 0 Å². The van der Waals surface area contributed by atoms with Crippen molar-refractivity contribution in [2.45, 2.75) is 0 Å². The van der Waals surface area contributed by atoms with Gasteiger partial charge >= 0.3 is 0 Å². The van der Waals surface area contributed by atoms with Crippen molar-refractivity contribution >= 4 is 5.97 Å². The van der Waals surface area contributed by atoms with E-state index in [4.69, 9.17) is 0 Å². The summed E-state index contributed by atoms with van der Waals surface area (Å²) in [6.07, 6.45) is 1.30. The molecule has 1 heterocycles. The van der Waals surface area contributed by atoms with Crippen LogP contribution in [0.15, 0.2) is 48.7 Å². The van der Waals surface area contributed by atoms with Gasteiger partial charge in [-0.2, -0.15) is 0 Å². The van der Waals surface area contributed by atoms with Gasteiger partial charge in [0.05, 0.1) is 11.7 Å². The van der Waals surface area contributed by atoms with E-state index in [-0.39, 0.29) is 5.56 Å². The number of carboxylic acid groups (broad SMARTS) is 1. The largest absolute Gasteiger partial charge is 0.545 e. The fourth-order valence-corrected chi connectivity index (χ4v) is 1.29. The summed E-state index contributed by atoms with van der Waals surface area (Å²) in [5, 5.41) is 10.5. The van der Waals surface area contributed by atoms with Gasteiger partial charge in [0.2, 0.25) is 0 Å². The Labute approximate surface area is 87.0 Å². The lowest BCUT2D eigenvalue weighted by Crippen LogP contribution is -2.22. The van der Waals surface area contributed by atoms with Gasteiger partial charge in [0, 0.05) is 17.3 Å². The lowest BCUT2D eigenvalue weighted by Gasteiger charge is -2.03. The number of nitrogens with zero attached hydrogens (tertiary/aromatic N) is 1. The van der Waals surface area contributed by atoms with Crippen LogP contribution in [0.1, 0.15) is 10.4 Å². The molecule has 3 nitrogen and oxygen atoms in total. The highest BCUT2D eigenvalue weighted by Crippen LogP contribution is 2.15. The molecule has 1 aromatic carbocycles. The zero-order chi connectivity index (χ0) is 10.7. The monoisotopic (exact) mass is 198 g/mol. The standard InChI is InChI=1S/C12H9NO2/c14-12(15)10-6-7-11(13-8-10)9-4-2-1-3-5-9/h1-8H,(H,14,15)/p-1. The Morgan fingerprint density at radius 3 is 2.33 bits per heavy atom. The van der Waals surface area contributed by atoms with Gasteiger partial charge in [-0.15, -0.1) is 0 Å². The van der Waals surface area contributed by atoms with E-state index < -0.39 is 5.97 Å². The first-order valence-electron chi connectivity index (χ1n) is 4.50. The first-order valence-corrected chi connectivity index (χ1v) is 4.50. The molecule has 3 heteroatoms. The van der Waals surface area contributed by atoms with Crippen molar-refractivity contribution in [1.29, 1.82) is 0 Å². The van der Waals surface area contributed by atoms with E-state index in [0.717, 1.165) is 11.3 Å². The molecule has 74 valence electrons. The number of hydrogen-bond donors (Lipinski definition) is 0. The number of carbonyl (C=O) groups is 1. The maximum atomic E-state index is 10.5. The molecule has 0 unspecified atom stereocenters. The van der Waals surface area contributed by atoms with E-state index in [2.05, 4.69) is 4.98 Å². The number of aromatic nitrogens is 1. The van der Waals surface area contributed by atoms with Gasteiger partial charge in [-0.3, -0.25) is 4.98 Å². The van der Waals surface area contributed by atoms with Crippen LogP contribution in [0.25, 0.3) is 11.3 Å². The van der Waals surface area contributed by atoms with Gasteiger partial charge in [-0.05, 0) is 12.1 Å². The van der Waals surface area contributed by atoms with Gasteiger partial charge in [-0.25, -0.2) is 0 Å². The Balaban J connectivity index is 2.36. The predicted octanol–water partition coefficient (Wildman–Crippen LogP) is 1.11. The molecule has 0 aliphatic carbocycles. The van der Waals surface area contributed by atoms with Gasteiger partial charge in [0.1, 0.15) is 0 Å². The van der Waals surface area contributed by atoms with Gasteiger partial charge < -0.3 is 9.90 Å². The van der Waals surface area contributed by atoms with Crippen LogP contribution in [0.5, 0.6) is 0 Å². The van der Waals surface area contributed by atoms with E-state index in [9.17, 15) is 9.90 Å². The summed E-state index contributed by atoms with van der Waals surface area (Å²) in [5.74, 6) is -1.21. The van der Waals surface area contributed by atoms with E-state index in [1.807, 2.05) is 30.3 Å². The van der Waals surface area contributed by atoms with Crippen LogP contribution in [0, 0.1) is 0 Å². The lowest BCUT2D eigenvalue weighted by molar-refractivity contribution is -0.255. The van der Waals surface area contributed by atoms with Crippen LogP contribution in [-0.2, 0) is 0 Å². The number of benzene rings is 1. The Kier molecular flexibility index (Phi) is 2.46. The predicted molar refractivity (Wildman–Crippen MR) is 54.0 cm³/mol. The van der Waals surface area contributed by atoms with Gasteiger partial charge in [-0.1, -0.05) is 30.3 Å². The highest BCUT2D eigenvalue weighted by Gasteiger charge is 1.98. The molecule has 1 aromatic heterocycles. The molecule has 0 atom stereocenters. The van der Waals surface area contributed by atoms with E-state index in [0.29, 0.717) is 0 Å². The highest BCUT2D eigenvalue weighted by atomic mass is 16.4. The molecule has 0 amide bonds. The summed E-state index contributed by atoms with van der Waals surface area (Å²) in [4.78, 5) is 14.5. The fraction of sp³-hybridized carbons (Fsp3) is 0. The van der Waals surface area contributed by atoms with Crippen LogP contribution >= 0.6 is 0 Å². The third kappa shape index (κ3) is 2.02. The molecular weight excluding hydrogens is 190 g/mol. The van der Waals surface area contributed by atoms with Gasteiger partial charge in [0.15, 0.2) is 0 Å². The minimum atomic E-state index is -1.21. The Morgan fingerprint density at radius 2 is 1.80 bits per heavy atom. The minimum absolute atomic E-state index is 0.0923. The zero-order valence-electron chi connectivity index (χ0n) is 7.88. The molecule has 15 heavy (non-hydrogen) atoms. The van der Waals surface area contributed by atoms with Crippen LogP contribution in [-0.4, -0.2) is 11.0 Å². The normalized spacial score (nSPS) is 9.87. The molecule has 0 spiro atoms. The second-order valence-electron chi connectivity index (χ2n) is 3.09. The number of carbonyl (C=O) groups excluding carboxylic acids is 1. The van der Waals surface area contributed by atoms with Crippen molar-refractivity contribution in [3.63, 3.8) is 0 Å². The van der Waals surface area contributed by atoms with Gasteiger partial charge in [0.25, 0.3) is 0 Å². The summed E-state index contributed by atoms with van der Waals surface area (Å²) < 4.78 is 0. The molecule has 0 saturated carbocycles. The smallest absolute Gasteiger partial charge is 0.0730 e. The Morgan fingerprint density at radius 1 is 1.07 bits per heavy atom. The van der Waals surface area contributed by atoms with Crippen molar-refractivity contribution < 1.29 is 9.90 Å². The summed E-state index contributed by atoms with van der Waals surface area (Å²) in [7, 11) is 0. The fourth-order valence-electron chi connectivity index (χ4n) is 1.29. The first-order chi connectivity index (χ1) is 7.27. The second-order valence-corrected chi connectivity index (χ2v) is 3.09. The summed E-state index contributed by atoms with van der Waals surface area (Å²) >= 11 is 0. The third-order valence-electron chi connectivity index (χ3n) is 2.07. The van der Waals surface area contributed by atoms with E-state index in [1.165, 1.54) is 12.3 Å². The Hall–Kier alpha value is -2.16. The molecule has 0 saturated heterocycles. The molecule has 0 N–H and O–H groups in total. The first kappa shape index (κ1) is 9.40. The zero-order valence-corrected chi connectivity index (χ0v) is 7.88.